The molecule has 9 heteroatoms. The molecule has 1 aromatic carbocycles. The number of amides is 1. The molecule has 0 aromatic heterocycles. The second kappa shape index (κ2) is 7.28. The largest absolute Gasteiger partial charge is 1.00 e. The number of nitrogens with zero attached hydrogens (tertiary/aromatic N) is 1. The summed E-state index contributed by atoms with van der Waals surface area (Å²) in [6, 6.07) is 5.59. The van der Waals surface area contributed by atoms with E-state index in [-0.39, 0.29) is 62.6 Å². The average Bonchev–Trinajstić information content (AvgIpc) is 2.82. The topological polar surface area (TPSA) is 118 Å². The van der Waals surface area contributed by atoms with Gasteiger partial charge in [0.1, 0.15) is 11.1 Å². The predicted octanol–water partition coefficient (Wildman–Crippen LogP) is -3.28. The molecule has 0 unspecified atom stereocenters. The Bertz CT molecular complexity index is 745. The number of aliphatic carboxylic acids is 1. The van der Waals surface area contributed by atoms with Gasteiger partial charge in [-0.3, -0.25) is 9.69 Å². The average molecular weight is 373 g/mol. The number of fused-ring (bicyclic) bond motifs is 1. The van der Waals surface area contributed by atoms with E-state index in [0.29, 0.717) is 10.5 Å². The first-order valence-electron chi connectivity index (χ1n) is 6.80. The summed E-state index contributed by atoms with van der Waals surface area (Å²) in [5.41, 5.74) is 0.350. The third kappa shape index (κ3) is 3.10. The number of hydrogen-bond donors (Lipinski definition) is 2. The third-order valence-corrected chi connectivity index (χ3v) is 5.29. The molecule has 2 aliphatic rings. The van der Waals surface area contributed by atoms with E-state index in [1.807, 2.05) is 0 Å². The maximum atomic E-state index is 12.1. The molecule has 2 heterocycles. The van der Waals surface area contributed by atoms with Crippen molar-refractivity contribution in [2.75, 3.05) is 0 Å². The zero-order valence-electron chi connectivity index (χ0n) is 12.9. The molecule has 1 aromatic rings. The van der Waals surface area contributed by atoms with Crippen LogP contribution in [0.3, 0.4) is 0 Å². The minimum atomic E-state index is -1.32. The van der Waals surface area contributed by atoms with Crippen molar-refractivity contribution in [3.63, 3.8) is 0 Å². The van der Waals surface area contributed by atoms with Gasteiger partial charge in [0, 0.05) is 4.91 Å². The summed E-state index contributed by atoms with van der Waals surface area (Å²) in [6.45, 7) is 1.49. The molecule has 3 rings (SSSR count). The van der Waals surface area contributed by atoms with Crippen LogP contribution < -0.4 is 56.5 Å². The van der Waals surface area contributed by atoms with Crippen LogP contribution in [0.2, 0.25) is 0 Å². The van der Waals surface area contributed by atoms with Gasteiger partial charge in [-0.25, -0.2) is 4.79 Å². The maximum absolute atomic E-state index is 12.1. The first kappa shape index (κ1) is 19.6. The Labute approximate surface area is 184 Å². The van der Waals surface area contributed by atoms with Crippen molar-refractivity contribution in [1.82, 2.24) is 4.90 Å². The van der Waals surface area contributed by atoms with Crippen LogP contribution in [0, 0.1) is 5.92 Å². The number of aliphatic hydroxyl groups excluding tert-OH is 1. The molecule has 3 atom stereocenters. The second-order valence-corrected chi connectivity index (χ2v) is 6.46. The minimum Gasteiger partial charge on any atom is -0.545 e. The van der Waals surface area contributed by atoms with E-state index in [0.717, 1.165) is 0 Å². The fraction of sp³-hybridized carbons (Fsp3) is 0.267. The Balaban J connectivity index is 0.00000208. The number of aliphatic hydroxyl groups is 1. The molecule has 2 aliphatic heterocycles. The van der Waals surface area contributed by atoms with E-state index in [1.54, 1.807) is 0 Å². The molecule has 0 bridgehead atoms. The number of aromatic carboxylic acids is 1. The number of carboxylic acids is 2. The Kier molecular flexibility index (Phi) is 5.96. The summed E-state index contributed by atoms with van der Waals surface area (Å²) in [5.74, 6) is -3.63. The van der Waals surface area contributed by atoms with Crippen molar-refractivity contribution < 1.29 is 81.1 Å². The number of hydrogen-bond acceptors (Lipinski definition) is 6. The van der Waals surface area contributed by atoms with Crippen molar-refractivity contribution in [1.29, 1.82) is 0 Å². The number of carbonyl (C=O) groups excluding carboxylic acids is 2. The molecule has 1 fully saturated rings. The van der Waals surface area contributed by atoms with Gasteiger partial charge in [0.15, 0.2) is 0 Å². The first-order valence-corrected chi connectivity index (χ1v) is 7.68. The standard InChI is InChI=1S/C15H13NO6S.K/c1-6(17)9-12(18)16-10(15(21)22)11(23-13(9)16)7-2-4-8(5-3-7)14(19)20;/h2-6,9,13,17H,1H3,(H,19,20)(H,21,22);/q;+1/p-1/t6-,9+,13-;/m1./s1. The van der Waals surface area contributed by atoms with E-state index in [9.17, 15) is 29.7 Å². The summed E-state index contributed by atoms with van der Waals surface area (Å²) in [7, 11) is 0. The Hall–Kier alpha value is -0.684. The van der Waals surface area contributed by atoms with Crippen LogP contribution >= 0.6 is 11.8 Å². The summed E-state index contributed by atoms with van der Waals surface area (Å²) in [6.07, 6.45) is -0.869. The van der Waals surface area contributed by atoms with E-state index < -0.39 is 35.2 Å². The molecule has 24 heavy (non-hydrogen) atoms. The molecule has 0 radical (unpaired) electrons. The SMILES string of the molecule is C[C@@H](O)[C@H]1C(=O)N2C(C(=O)O)=C(c3ccc(C(=O)[O-])cc3)S[C@H]12.[K+]. The van der Waals surface area contributed by atoms with Crippen LogP contribution in [-0.4, -0.2) is 44.4 Å². The van der Waals surface area contributed by atoms with E-state index in [2.05, 4.69) is 0 Å². The van der Waals surface area contributed by atoms with Crippen molar-refractivity contribution >= 4 is 34.5 Å². The minimum absolute atomic E-state index is 0. The van der Waals surface area contributed by atoms with Gasteiger partial charge in [-0.05, 0) is 18.1 Å². The normalized spacial score (nSPS) is 23.2. The fourth-order valence-corrected chi connectivity index (χ4v) is 4.36. The monoisotopic (exact) mass is 373 g/mol. The molecule has 0 spiro atoms. The molecular weight excluding hydrogens is 361 g/mol. The zero-order chi connectivity index (χ0) is 16.9. The molecule has 2 N–H and O–H groups in total. The summed E-state index contributed by atoms with van der Waals surface area (Å²) in [4.78, 5) is 36.0. The van der Waals surface area contributed by atoms with E-state index in [4.69, 9.17) is 0 Å². The van der Waals surface area contributed by atoms with Crippen molar-refractivity contribution in [2.24, 2.45) is 5.92 Å². The summed E-state index contributed by atoms with van der Waals surface area (Å²) < 4.78 is 0. The van der Waals surface area contributed by atoms with Crippen LogP contribution in [0.25, 0.3) is 4.91 Å². The first-order chi connectivity index (χ1) is 10.8. The Morgan fingerprint density at radius 2 is 1.88 bits per heavy atom. The molecular formula is C15H12KNO6S. The number of thioether (sulfide) groups is 1. The van der Waals surface area contributed by atoms with Crippen LogP contribution in [0.1, 0.15) is 22.8 Å². The van der Waals surface area contributed by atoms with Gasteiger partial charge in [0.2, 0.25) is 5.91 Å². The van der Waals surface area contributed by atoms with Crippen LogP contribution in [0.4, 0.5) is 0 Å². The van der Waals surface area contributed by atoms with Crippen molar-refractivity contribution in [3.8, 4) is 0 Å². The number of benzene rings is 1. The molecule has 120 valence electrons. The number of rotatable bonds is 4. The van der Waals surface area contributed by atoms with Gasteiger partial charge in [-0.2, -0.15) is 0 Å². The summed E-state index contributed by atoms with van der Waals surface area (Å²) in [5, 5.41) is 29.4. The van der Waals surface area contributed by atoms with Gasteiger partial charge >= 0.3 is 57.4 Å². The second-order valence-electron chi connectivity index (χ2n) is 5.33. The number of carboxylic acid groups (broad SMARTS) is 2. The molecule has 1 amide bonds. The number of β-lactam (4-membered cyclic amide) rings is 1. The Morgan fingerprint density at radius 1 is 1.29 bits per heavy atom. The predicted molar refractivity (Wildman–Crippen MR) is 78.7 cm³/mol. The molecule has 0 saturated carbocycles. The smallest absolute Gasteiger partial charge is 0.545 e. The van der Waals surface area contributed by atoms with E-state index >= 15 is 0 Å². The maximum Gasteiger partial charge on any atom is 1.00 e. The Morgan fingerprint density at radius 3 is 2.33 bits per heavy atom. The van der Waals surface area contributed by atoms with Crippen LogP contribution in [0.5, 0.6) is 0 Å². The van der Waals surface area contributed by atoms with Gasteiger partial charge in [0.05, 0.1) is 18.0 Å². The summed E-state index contributed by atoms with van der Waals surface area (Å²) >= 11 is 1.19. The van der Waals surface area contributed by atoms with Gasteiger partial charge in [-0.15, -0.1) is 0 Å². The van der Waals surface area contributed by atoms with Crippen molar-refractivity contribution in [2.45, 2.75) is 18.4 Å². The fourth-order valence-electron chi connectivity index (χ4n) is 2.74. The van der Waals surface area contributed by atoms with Crippen LogP contribution in [-0.2, 0) is 9.59 Å². The van der Waals surface area contributed by atoms with Gasteiger partial charge < -0.3 is 20.1 Å². The van der Waals surface area contributed by atoms with Gasteiger partial charge in [-0.1, -0.05) is 36.0 Å². The van der Waals surface area contributed by atoms with Crippen molar-refractivity contribution in [3.05, 3.63) is 41.1 Å². The van der Waals surface area contributed by atoms with E-state index in [1.165, 1.54) is 47.9 Å². The van der Waals surface area contributed by atoms with Gasteiger partial charge in [0.25, 0.3) is 0 Å². The third-order valence-electron chi connectivity index (χ3n) is 3.88. The molecule has 1 saturated heterocycles. The molecule has 7 nitrogen and oxygen atoms in total. The molecule has 0 aliphatic carbocycles. The van der Waals surface area contributed by atoms with Crippen LogP contribution in [0.15, 0.2) is 30.0 Å². The quantitative estimate of drug-likeness (QED) is 0.420. The zero-order valence-corrected chi connectivity index (χ0v) is 16.9. The number of carbonyl (C=O) groups is 3.